The van der Waals surface area contributed by atoms with Gasteiger partial charge in [0.1, 0.15) is 21.3 Å². The van der Waals surface area contributed by atoms with Crippen LogP contribution in [0.5, 0.6) is 11.6 Å². The third-order valence-electron chi connectivity index (χ3n) is 5.18. The van der Waals surface area contributed by atoms with Gasteiger partial charge in [-0.15, -0.1) is 0 Å². The molecule has 1 aromatic carbocycles. The van der Waals surface area contributed by atoms with Gasteiger partial charge in [-0.1, -0.05) is 48.1 Å². The van der Waals surface area contributed by atoms with Crippen LogP contribution in [0, 0.1) is 0 Å². The van der Waals surface area contributed by atoms with Crippen LogP contribution in [0.4, 0.5) is 0 Å². The van der Waals surface area contributed by atoms with Crippen LogP contribution in [-0.2, 0) is 9.59 Å². The number of carboxylic acids is 1. The smallest absolute Gasteiger partial charge is 0.303 e. The van der Waals surface area contributed by atoms with Gasteiger partial charge in [-0.3, -0.25) is 23.7 Å². The Morgan fingerprint density at radius 3 is 2.66 bits per heavy atom. The molecule has 0 atom stereocenters. The molecule has 4 rings (SSSR count). The van der Waals surface area contributed by atoms with E-state index in [1.165, 1.54) is 15.4 Å². The van der Waals surface area contributed by atoms with Crippen molar-refractivity contribution in [3.8, 4) is 11.6 Å². The number of benzene rings is 1. The maximum Gasteiger partial charge on any atom is 0.303 e. The second-order valence-corrected chi connectivity index (χ2v) is 9.77. The fraction of sp³-hybridized carbons (Fsp3) is 0.208. The number of ether oxygens (including phenoxy) is 1. The molecule has 0 spiro atoms. The quantitative estimate of drug-likeness (QED) is 0.235. The number of carboxylic acid groups (broad SMARTS) is 1. The first kappa shape index (κ1) is 24.9. The van der Waals surface area contributed by atoms with Crippen LogP contribution in [0.15, 0.2) is 58.4 Å². The van der Waals surface area contributed by atoms with E-state index in [1.54, 1.807) is 48.7 Å². The second-order valence-electron chi connectivity index (χ2n) is 7.66. The van der Waals surface area contributed by atoms with Crippen LogP contribution < -0.4 is 10.3 Å². The number of aliphatic carboxylic acids is 1. The Morgan fingerprint density at radius 1 is 1.14 bits per heavy atom. The third kappa shape index (κ3) is 5.90. The van der Waals surface area contributed by atoms with E-state index < -0.39 is 11.5 Å². The molecule has 35 heavy (non-hydrogen) atoms. The van der Waals surface area contributed by atoms with E-state index in [9.17, 15) is 14.4 Å². The third-order valence-corrected chi connectivity index (χ3v) is 6.81. The highest BCUT2D eigenvalue weighted by Gasteiger charge is 2.32. The minimum Gasteiger partial charge on any atom is -0.481 e. The summed E-state index contributed by atoms with van der Waals surface area (Å²) < 4.78 is 7.68. The average molecular weight is 530 g/mol. The van der Waals surface area contributed by atoms with Crippen LogP contribution in [0.1, 0.15) is 31.2 Å². The van der Waals surface area contributed by atoms with Crippen molar-refractivity contribution < 1.29 is 19.4 Å². The summed E-state index contributed by atoms with van der Waals surface area (Å²) in [5, 5.41) is 9.29. The van der Waals surface area contributed by atoms with Crippen molar-refractivity contribution in [2.45, 2.75) is 25.7 Å². The molecule has 8 nitrogen and oxygen atoms in total. The number of hydrogen-bond donors (Lipinski definition) is 1. The molecule has 0 radical (unpaired) electrons. The van der Waals surface area contributed by atoms with Crippen LogP contribution in [0.25, 0.3) is 11.7 Å². The van der Waals surface area contributed by atoms with E-state index in [0.29, 0.717) is 46.5 Å². The van der Waals surface area contributed by atoms with Crippen molar-refractivity contribution in [1.82, 2.24) is 14.3 Å². The Hall–Kier alpha value is -3.21. The number of amides is 1. The molecule has 3 aromatic rings. The van der Waals surface area contributed by atoms with E-state index in [1.807, 2.05) is 0 Å². The Labute approximate surface area is 215 Å². The van der Waals surface area contributed by atoms with Crippen molar-refractivity contribution in [3.63, 3.8) is 0 Å². The molecule has 0 saturated carbocycles. The molecule has 0 unspecified atom stereocenters. The van der Waals surface area contributed by atoms with E-state index >= 15 is 0 Å². The number of carbonyl (C=O) groups excluding carboxylic acids is 1. The summed E-state index contributed by atoms with van der Waals surface area (Å²) in [6.45, 7) is 0.380. The lowest BCUT2D eigenvalue weighted by Gasteiger charge is -2.14. The van der Waals surface area contributed by atoms with Crippen LogP contribution in [0.2, 0.25) is 5.02 Å². The van der Waals surface area contributed by atoms with Gasteiger partial charge < -0.3 is 9.84 Å². The summed E-state index contributed by atoms with van der Waals surface area (Å²) in [5.74, 6) is -0.661. The zero-order valence-corrected chi connectivity index (χ0v) is 20.7. The van der Waals surface area contributed by atoms with E-state index in [0.717, 1.165) is 11.8 Å². The molecule has 1 saturated heterocycles. The van der Waals surface area contributed by atoms with Gasteiger partial charge in [-0.2, -0.15) is 4.98 Å². The molecule has 1 fully saturated rings. The minimum atomic E-state index is -0.842. The number of hydrogen-bond acceptors (Lipinski definition) is 7. The highest BCUT2D eigenvalue weighted by Crippen LogP contribution is 2.34. The second kappa shape index (κ2) is 11.0. The fourth-order valence-corrected chi connectivity index (χ4v) is 4.86. The van der Waals surface area contributed by atoms with E-state index in [4.69, 9.17) is 33.7 Å². The molecule has 0 bridgehead atoms. The molecule has 1 aliphatic rings. The number of thioether (sulfide) groups is 1. The predicted octanol–water partition coefficient (Wildman–Crippen LogP) is 4.99. The first-order valence-corrected chi connectivity index (χ1v) is 12.4. The van der Waals surface area contributed by atoms with E-state index in [-0.39, 0.29) is 28.7 Å². The number of halogens is 1. The zero-order valence-electron chi connectivity index (χ0n) is 18.3. The lowest BCUT2D eigenvalue weighted by Crippen LogP contribution is -2.29. The zero-order chi connectivity index (χ0) is 24.9. The van der Waals surface area contributed by atoms with Crippen molar-refractivity contribution in [1.29, 1.82) is 0 Å². The van der Waals surface area contributed by atoms with Gasteiger partial charge in [0, 0.05) is 24.2 Å². The summed E-state index contributed by atoms with van der Waals surface area (Å²) >= 11 is 12.4. The van der Waals surface area contributed by atoms with Gasteiger partial charge in [0.2, 0.25) is 5.88 Å². The van der Waals surface area contributed by atoms with Crippen LogP contribution in [-0.4, -0.2) is 42.1 Å². The molecule has 0 aliphatic carbocycles. The average Bonchev–Trinajstić information content (AvgIpc) is 3.10. The maximum atomic E-state index is 13.3. The molecular formula is C24H20ClN3O5S2. The molecule has 11 heteroatoms. The summed E-state index contributed by atoms with van der Waals surface area (Å²) in [6, 6.07) is 11.8. The minimum absolute atomic E-state index is 0.0578. The molecule has 3 heterocycles. The van der Waals surface area contributed by atoms with Crippen molar-refractivity contribution in [3.05, 3.63) is 74.5 Å². The van der Waals surface area contributed by atoms with Gasteiger partial charge in [0.15, 0.2) is 0 Å². The fourth-order valence-electron chi connectivity index (χ4n) is 3.44. The lowest BCUT2D eigenvalue weighted by atomic mass is 10.2. The highest BCUT2D eigenvalue weighted by molar-refractivity contribution is 8.26. The first-order chi connectivity index (χ1) is 16.8. The maximum absolute atomic E-state index is 13.3. The number of thiocarbonyl (C=S) groups is 1. The highest BCUT2D eigenvalue weighted by atomic mass is 35.5. The number of pyridine rings is 1. The molecular weight excluding hydrogens is 510 g/mol. The Kier molecular flexibility index (Phi) is 7.84. The number of nitrogens with zero attached hydrogens (tertiary/aromatic N) is 3. The summed E-state index contributed by atoms with van der Waals surface area (Å²) in [7, 11) is 0. The molecule has 1 N–H and O–H groups in total. The van der Waals surface area contributed by atoms with Gasteiger partial charge in [-0.25, -0.2) is 0 Å². The van der Waals surface area contributed by atoms with E-state index in [2.05, 4.69) is 4.98 Å². The number of fused-ring (bicyclic) bond motifs is 1. The number of rotatable bonds is 9. The number of unbranched alkanes of at least 4 members (excludes halogenated alkanes) is 2. The summed E-state index contributed by atoms with van der Waals surface area (Å²) in [6.07, 6.45) is 4.97. The van der Waals surface area contributed by atoms with Gasteiger partial charge in [0.25, 0.3) is 11.5 Å². The first-order valence-electron chi connectivity index (χ1n) is 10.8. The summed E-state index contributed by atoms with van der Waals surface area (Å²) in [5.41, 5.74) is 0.122. The topological polar surface area (TPSA) is 101 Å². The van der Waals surface area contributed by atoms with Gasteiger partial charge in [-0.05, 0) is 55.3 Å². The normalized spacial score (nSPS) is 14.8. The van der Waals surface area contributed by atoms with Gasteiger partial charge in [0.05, 0.1) is 4.91 Å². The monoisotopic (exact) mass is 529 g/mol. The molecule has 1 amide bonds. The Morgan fingerprint density at radius 2 is 1.91 bits per heavy atom. The number of aromatic nitrogens is 2. The molecule has 2 aromatic heterocycles. The lowest BCUT2D eigenvalue weighted by molar-refractivity contribution is -0.137. The van der Waals surface area contributed by atoms with Crippen LogP contribution in [0.3, 0.4) is 0 Å². The van der Waals surface area contributed by atoms with Crippen LogP contribution >= 0.6 is 35.6 Å². The standard InChI is InChI=1S/C24H20ClN3O5S2/c25-15-8-10-16(11-9-15)33-21-17(22(31)27-12-5-3-6-19(27)26-21)14-18-23(32)28(24(34)35-18)13-4-1-2-7-20(29)30/h3,5-6,8-12,14H,1-2,4,7,13H2,(H,29,30). The largest absolute Gasteiger partial charge is 0.481 e. The Balaban J connectivity index is 1.63. The van der Waals surface area contributed by atoms with Crippen molar-refractivity contribution >= 4 is 63.5 Å². The SMILES string of the molecule is O=C(O)CCCCCN1C(=O)C(=Cc2c(Oc3ccc(Cl)cc3)nc3ccccn3c2=O)SC1=S. The number of carbonyl (C=O) groups is 2. The molecule has 1 aliphatic heterocycles. The molecule has 180 valence electrons. The Bertz CT molecular complexity index is 1390. The predicted molar refractivity (Wildman–Crippen MR) is 139 cm³/mol. The summed E-state index contributed by atoms with van der Waals surface area (Å²) in [4.78, 5) is 43.3. The van der Waals surface area contributed by atoms with Crippen molar-refractivity contribution in [2.24, 2.45) is 0 Å². The van der Waals surface area contributed by atoms with Crippen molar-refractivity contribution in [2.75, 3.05) is 6.54 Å². The van der Waals surface area contributed by atoms with Gasteiger partial charge >= 0.3 is 5.97 Å².